The summed E-state index contributed by atoms with van der Waals surface area (Å²) in [4.78, 5) is 0. The van der Waals surface area contributed by atoms with Crippen LogP contribution in [0, 0.1) is 11.8 Å². The molecule has 0 aliphatic carbocycles. The maximum absolute atomic E-state index is 11.3. The molecule has 2 unspecified atom stereocenters. The topological polar surface area (TPSA) is 37.4 Å². The maximum Gasteiger partial charge on any atom is 0.228 e. The zero-order valence-corrected chi connectivity index (χ0v) is 8.90. The molecule has 0 spiro atoms. The van der Waals surface area contributed by atoms with Crippen molar-refractivity contribution >= 4 is 21.6 Å². The van der Waals surface area contributed by atoms with Crippen LogP contribution in [0.1, 0.15) is 13.8 Å². The summed E-state index contributed by atoms with van der Waals surface area (Å²) >= 11 is 5.34. The summed E-state index contributed by atoms with van der Waals surface area (Å²) in [5.41, 5.74) is 0. The first-order chi connectivity index (χ1) is 5.47. The highest BCUT2D eigenvalue weighted by molar-refractivity contribution is 7.90. The SMILES string of the molecule is CC1CN(S(=O)(=O)CCl)CC1C. The quantitative estimate of drug-likeness (QED) is 0.642. The van der Waals surface area contributed by atoms with Crippen LogP contribution in [0.25, 0.3) is 0 Å². The van der Waals surface area contributed by atoms with E-state index in [1.54, 1.807) is 0 Å². The first kappa shape index (κ1) is 10.3. The molecule has 72 valence electrons. The average molecular weight is 212 g/mol. The van der Waals surface area contributed by atoms with Crippen molar-refractivity contribution in [3.05, 3.63) is 0 Å². The Kier molecular flexibility index (Phi) is 3.01. The number of sulfonamides is 1. The van der Waals surface area contributed by atoms with Crippen LogP contribution in [-0.4, -0.2) is 31.0 Å². The van der Waals surface area contributed by atoms with Crippen LogP contribution < -0.4 is 0 Å². The van der Waals surface area contributed by atoms with Gasteiger partial charge in [0.05, 0.1) is 0 Å². The number of hydrogen-bond acceptors (Lipinski definition) is 2. The van der Waals surface area contributed by atoms with Gasteiger partial charge in [0.1, 0.15) is 5.21 Å². The molecule has 0 bridgehead atoms. The van der Waals surface area contributed by atoms with Gasteiger partial charge in [-0.05, 0) is 11.8 Å². The lowest BCUT2D eigenvalue weighted by Gasteiger charge is -2.12. The minimum Gasteiger partial charge on any atom is -0.211 e. The normalized spacial score (nSPS) is 32.6. The van der Waals surface area contributed by atoms with Gasteiger partial charge in [0.2, 0.25) is 10.0 Å². The molecule has 2 atom stereocenters. The summed E-state index contributed by atoms with van der Waals surface area (Å²) in [7, 11) is -3.16. The molecule has 1 saturated heterocycles. The summed E-state index contributed by atoms with van der Waals surface area (Å²) in [5, 5.41) is -0.299. The van der Waals surface area contributed by atoms with Crippen molar-refractivity contribution in [3.63, 3.8) is 0 Å². The van der Waals surface area contributed by atoms with Gasteiger partial charge in [-0.25, -0.2) is 12.7 Å². The predicted molar refractivity (Wildman–Crippen MR) is 49.5 cm³/mol. The minimum atomic E-state index is -3.16. The van der Waals surface area contributed by atoms with E-state index in [9.17, 15) is 8.42 Å². The standard InChI is InChI=1S/C7H14ClNO2S/c1-6-3-9(4-7(6)2)12(10,11)5-8/h6-7H,3-5H2,1-2H3. The second kappa shape index (κ2) is 3.52. The number of alkyl halides is 1. The third-order valence-electron chi connectivity index (χ3n) is 2.49. The van der Waals surface area contributed by atoms with E-state index >= 15 is 0 Å². The Hall–Kier alpha value is 0.200. The van der Waals surface area contributed by atoms with Crippen LogP contribution in [0.5, 0.6) is 0 Å². The molecule has 0 radical (unpaired) electrons. The van der Waals surface area contributed by atoms with Gasteiger partial charge in [-0.2, -0.15) is 0 Å². The van der Waals surface area contributed by atoms with E-state index in [0.717, 1.165) is 0 Å². The molecule has 0 aromatic rings. The molecule has 0 aromatic heterocycles. The van der Waals surface area contributed by atoms with Crippen LogP contribution in [0.2, 0.25) is 0 Å². The van der Waals surface area contributed by atoms with Gasteiger partial charge in [0, 0.05) is 13.1 Å². The molecule has 0 aromatic carbocycles. The maximum atomic E-state index is 11.3. The van der Waals surface area contributed by atoms with Crippen LogP contribution in [0.4, 0.5) is 0 Å². The van der Waals surface area contributed by atoms with Gasteiger partial charge in [-0.1, -0.05) is 13.8 Å². The van der Waals surface area contributed by atoms with E-state index in [-0.39, 0.29) is 5.21 Å². The van der Waals surface area contributed by atoms with E-state index < -0.39 is 10.0 Å². The second-order valence-corrected chi connectivity index (χ2v) is 6.05. The number of nitrogens with zero attached hydrogens (tertiary/aromatic N) is 1. The van der Waals surface area contributed by atoms with Crippen molar-refractivity contribution in [3.8, 4) is 0 Å². The van der Waals surface area contributed by atoms with Crippen molar-refractivity contribution in [1.29, 1.82) is 0 Å². The summed E-state index contributed by atoms with van der Waals surface area (Å²) < 4.78 is 24.1. The van der Waals surface area contributed by atoms with E-state index in [0.29, 0.717) is 24.9 Å². The summed E-state index contributed by atoms with van der Waals surface area (Å²) in [6.07, 6.45) is 0. The zero-order valence-electron chi connectivity index (χ0n) is 7.33. The minimum absolute atomic E-state index is 0.299. The highest BCUT2D eigenvalue weighted by Gasteiger charge is 2.33. The van der Waals surface area contributed by atoms with Crippen molar-refractivity contribution < 1.29 is 8.42 Å². The lowest BCUT2D eigenvalue weighted by Crippen LogP contribution is -2.29. The van der Waals surface area contributed by atoms with Crippen molar-refractivity contribution in [2.75, 3.05) is 18.3 Å². The zero-order chi connectivity index (χ0) is 9.35. The van der Waals surface area contributed by atoms with Gasteiger partial charge in [-0.3, -0.25) is 0 Å². The van der Waals surface area contributed by atoms with Crippen LogP contribution in [0.15, 0.2) is 0 Å². The smallest absolute Gasteiger partial charge is 0.211 e. The lowest BCUT2D eigenvalue weighted by atomic mass is 10.0. The molecule has 0 saturated carbocycles. The largest absolute Gasteiger partial charge is 0.228 e. The molecule has 5 heteroatoms. The van der Waals surface area contributed by atoms with Gasteiger partial charge in [-0.15, -0.1) is 11.6 Å². The third-order valence-corrected chi connectivity index (χ3v) is 4.67. The molecule has 1 rings (SSSR count). The molecule has 1 aliphatic heterocycles. The predicted octanol–water partition coefficient (Wildman–Crippen LogP) is 1.10. The molecule has 1 heterocycles. The highest BCUT2D eigenvalue weighted by Crippen LogP contribution is 2.24. The molecule has 1 aliphatic rings. The average Bonchev–Trinajstić information content (AvgIpc) is 2.33. The first-order valence-electron chi connectivity index (χ1n) is 4.01. The van der Waals surface area contributed by atoms with E-state index in [1.165, 1.54) is 4.31 Å². The Balaban J connectivity index is 2.70. The van der Waals surface area contributed by atoms with Gasteiger partial charge >= 0.3 is 0 Å². The first-order valence-corrected chi connectivity index (χ1v) is 6.15. The molecular weight excluding hydrogens is 198 g/mol. The summed E-state index contributed by atoms with van der Waals surface area (Å²) in [6, 6.07) is 0. The Labute approximate surface area is 78.7 Å². The van der Waals surface area contributed by atoms with Crippen molar-refractivity contribution in [1.82, 2.24) is 4.31 Å². The molecule has 0 N–H and O–H groups in total. The number of rotatable bonds is 2. The Morgan fingerprint density at radius 3 is 2.08 bits per heavy atom. The second-order valence-electron chi connectivity index (χ2n) is 3.49. The van der Waals surface area contributed by atoms with E-state index in [2.05, 4.69) is 13.8 Å². The van der Waals surface area contributed by atoms with Gasteiger partial charge in [0.25, 0.3) is 0 Å². The molecule has 3 nitrogen and oxygen atoms in total. The monoisotopic (exact) mass is 211 g/mol. The summed E-state index contributed by atoms with van der Waals surface area (Å²) in [5.74, 6) is 0.894. The summed E-state index contributed by atoms with van der Waals surface area (Å²) in [6.45, 7) is 5.37. The fourth-order valence-electron chi connectivity index (χ4n) is 1.37. The lowest BCUT2D eigenvalue weighted by molar-refractivity contribution is 0.467. The molecule has 12 heavy (non-hydrogen) atoms. The van der Waals surface area contributed by atoms with Crippen molar-refractivity contribution in [2.24, 2.45) is 11.8 Å². The Morgan fingerprint density at radius 2 is 1.75 bits per heavy atom. The number of hydrogen-bond donors (Lipinski definition) is 0. The van der Waals surface area contributed by atoms with Crippen molar-refractivity contribution in [2.45, 2.75) is 13.8 Å². The Bertz CT molecular complexity index is 242. The van der Waals surface area contributed by atoms with Gasteiger partial charge in [0.15, 0.2) is 0 Å². The Morgan fingerprint density at radius 1 is 1.33 bits per heavy atom. The van der Waals surface area contributed by atoms with E-state index in [1.807, 2.05) is 0 Å². The molecule has 0 amide bonds. The highest BCUT2D eigenvalue weighted by atomic mass is 35.5. The fraction of sp³-hybridized carbons (Fsp3) is 1.00. The van der Waals surface area contributed by atoms with Crippen LogP contribution >= 0.6 is 11.6 Å². The number of halogens is 1. The van der Waals surface area contributed by atoms with Gasteiger partial charge < -0.3 is 0 Å². The van der Waals surface area contributed by atoms with Crippen LogP contribution in [0.3, 0.4) is 0 Å². The fourth-order valence-corrected chi connectivity index (χ4v) is 2.85. The molecule has 1 fully saturated rings. The van der Waals surface area contributed by atoms with E-state index in [4.69, 9.17) is 11.6 Å². The van der Waals surface area contributed by atoms with Crippen LogP contribution in [-0.2, 0) is 10.0 Å². The molecular formula is C7H14ClNO2S. The third kappa shape index (κ3) is 1.92.